The smallest absolute Gasteiger partial charge is 0.342 e. The van der Waals surface area contributed by atoms with Crippen molar-refractivity contribution < 1.29 is 14.3 Å². The van der Waals surface area contributed by atoms with Gasteiger partial charge in [0, 0.05) is 22.7 Å². The van der Waals surface area contributed by atoms with Gasteiger partial charge < -0.3 is 20.2 Å². The Labute approximate surface area is 185 Å². The van der Waals surface area contributed by atoms with Crippen LogP contribution in [0.3, 0.4) is 0 Å². The van der Waals surface area contributed by atoms with Crippen LogP contribution < -0.4 is 10.5 Å². The van der Waals surface area contributed by atoms with Crippen LogP contribution in [-0.2, 0) is 11.3 Å². The third kappa shape index (κ3) is 4.67. The van der Waals surface area contributed by atoms with E-state index in [0.29, 0.717) is 35.0 Å². The molecule has 0 amide bonds. The lowest BCUT2D eigenvalue weighted by Gasteiger charge is -2.12. The van der Waals surface area contributed by atoms with Gasteiger partial charge in [-0.1, -0.05) is 42.5 Å². The number of nitrogens with two attached hydrogens (primary N) is 1. The van der Waals surface area contributed by atoms with E-state index < -0.39 is 5.97 Å². The van der Waals surface area contributed by atoms with Crippen molar-refractivity contribution in [3.05, 3.63) is 95.7 Å². The van der Waals surface area contributed by atoms with Crippen LogP contribution in [0.25, 0.3) is 10.9 Å². The Hall–Kier alpha value is -4.39. The number of hydrogen-bond acceptors (Lipinski definition) is 4. The highest BCUT2D eigenvalue weighted by Gasteiger charge is 2.18. The van der Waals surface area contributed by atoms with E-state index in [4.69, 9.17) is 15.2 Å². The summed E-state index contributed by atoms with van der Waals surface area (Å²) < 4.78 is 11.0. The quantitative estimate of drug-likeness (QED) is 0.254. The number of methoxy groups -OCH3 is 1. The Bertz CT molecular complexity index is 1290. The van der Waals surface area contributed by atoms with Crippen LogP contribution in [0.1, 0.15) is 21.5 Å². The number of esters is 1. The van der Waals surface area contributed by atoms with Gasteiger partial charge in [-0.05, 0) is 35.9 Å². The Balaban J connectivity index is 1.54. The average Bonchev–Trinajstić information content (AvgIpc) is 3.31. The molecule has 0 aliphatic rings. The van der Waals surface area contributed by atoms with E-state index in [2.05, 4.69) is 15.0 Å². The van der Waals surface area contributed by atoms with Crippen LogP contribution in [-0.4, -0.2) is 30.2 Å². The molecule has 4 rings (SSSR count). The van der Waals surface area contributed by atoms with E-state index >= 15 is 0 Å². The lowest BCUT2D eigenvalue weighted by atomic mass is 10.1. The molecule has 3 N–H and O–H groups in total. The highest BCUT2D eigenvalue weighted by atomic mass is 16.5. The number of benzene rings is 3. The number of H-pyrrole nitrogens is 1. The van der Waals surface area contributed by atoms with Crippen molar-refractivity contribution in [2.24, 2.45) is 15.7 Å². The number of aliphatic imine (C=N–C) groups is 2. The number of aromatic nitrogens is 1. The minimum Gasteiger partial charge on any atom is -0.465 e. The summed E-state index contributed by atoms with van der Waals surface area (Å²) in [5.74, 6) is 0.738. The van der Waals surface area contributed by atoms with Gasteiger partial charge in [0.05, 0.1) is 13.7 Å². The molecule has 7 nitrogen and oxygen atoms in total. The van der Waals surface area contributed by atoms with Crippen LogP contribution >= 0.6 is 0 Å². The summed E-state index contributed by atoms with van der Waals surface area (Å²) in [4.78, 5) is 24.0. The van der Waals surface area contributed by atoms with Crippen molar-refractivity contribution >= 4 is 29.0 Å². The molecular weight excluding hydrogens is 404 g/mol. The zero-order valence-electron chi connectivity index (χ0n) is 17.5. The SMILES string of the molecule is COC(=O)c1c(Oc2cccc(C(N)=NC=NCc3ccccc3)c2)ccc2[nH]ccc12. The van der Waals surface area contributed by atoms with E-state index in [1.807, 2.05) is 48.5 Å². The van der Waals surface area contributed by atoms with E-state index in [1.54, 1.807) is 30.5 Å². The molecule has 1 heterocycles. The van der Waals surface area contributed by atoms with Gasteiger partial charge in [0.15, 0.2) is 0 Å². The highest BCUT2D eigenvalue weighted by Crippen LogP contribution is 2.32. The van der Waals surface area contributed by atoms with Crippen molar-refractivity contribution in [2.45, 2.75) is 6.54 Å². The first-order chi connectivity index (χ1) is 15.7. The molecular formula is C25H22N4O3. The number of ether oxygens (including phenoxy) is 2. The number of amidine groups is 1. The topological polar surface area (TPSA) is 102 Å². The van der Waals surface area contributed by atoms with Gasteiger partial charge in [0.2, 0.25) is 0 Å². The minimum atomic E-state index is -0.475. The highest BCUT2D eigenvalue weighted by molar-refractivity contribution is 6.06. The predicted molar refractivity (Wildman–Crippen MR) is 126 cm³/mol. The molecule has 0 saturated carbocycles. The maximum Gasteiger partial charge on any atom is 0.342 e. The molecule has 3 aromatic carbocycles. The Morgan fingerprint density at radius 3 is 2.72 bits per heavy atom. The van der Waals surface area contributed by atoms with Crippen molar-refractivity contribution in [1.29, 1.82) is 0 Å². The molecule has 4 aromatic rings. The fourth-order valence-corrected chi connectivity index (χ4v) is 3.26. The van der Waals surface area contributed by atoms with E-state index in [1.165, 1.54) is 13.4 Å². The van der Waals surface area contributed by atoms with Crippen LogP contribution in [0, 0.1) is 0 Å². The molecule has 0 bridgehead atoms. The molecule has 0 spiro atoms. The monoisotopic (exact) mass is 426 g/mol. The summed E-state index contributed by atoms with van der Waals surface area (Å²) in [6.07, 6.45) is 3.21. The van der Waals surface area contributed by atoms with Gasteiger partial charge in [-0.25, -0.2) is 9.79 Å². The van der Waals surface area contributed by atoms with Crippen molar-refractivity contribution in [3.8, 4) is 11.5 Å². The number of carbonyl (C=O) groups is 1. The van der Waals surface area contributed by atoms with Crippen LogP contribution in [0.2, 0.25) is 0 Å². The number of fused-ring (bicyclic) bond motifs is 1. The summed E-state index contributed by atoms with van der Waals surface area (Å²) in [6.45, 7) is 0.526. The van der Waals surface area contributed by atoms with Gasteiger partial charge >= 0.3 is 5.97 Å². The molecule has 0 radical (unpaired) electrons. The molecule has 0 atom stereocenters. The van der Waals surface area contributed by atoms with E-state index in [0.717, 1.165) is 16.5 Å². The van der Waals surface area contributed by atoms with Gasteiger partial charge in [-0.15, -0.1) is 0 Å². The van der Waals surface area contributed by atoms with Gasteiger partial charge in [0.1, 0.15) is 29.2 Å². The Morgan fingerprint density at radius 2 is 1.91 bits per heavy atom. The van der Waals surface area contributed by atoms with Gasteiger partial charge in [0.25, 0.3) is 0 Å². The zero-order valence-corrected chi connectivity index (χ0v) is 17.5. The van der Waals surface area contributed by atoms with Crippen molar-refractivity contribution in [1.82, 2.24) is 4.98 Å². The second kappa shape index (κ2) is 9.61. The molecule has 1 aromatic heterocycles. The first kappa shape index (κ1) is 20.9. The fourth-order valence-electron chi connectivity index (χ4n) is 3.26. The minimum absolute atomic E-state index is 0.307. The first-order valence-electron chi connectivity index (χ1n) is 9.98. The summed E-state index contributed by atoms with van der Waals surface area (Å²) in [6, 6.07) is 22.4. The third-order valence-electron chi connectivity index (χ3n) is 4.84. The molecule has 7 heteroatoms. The molecule has 0 aliphatic heterocycles. The second-order valence-electron chi connectivity index (χ2n) is 6.96. The molecule has 0 aliphatic carbocycles. The van der Waals surface area contributed by atoms with Crippen LogP contribution in [0.5, 0.6) is 11.5 Å². The standard InChI is InChI=1S/C25H22N4O3/c1-31-25(30)23-20-12-13-28-21(20)10-11-22(23)32-19-9-5-8-18(14-19)24(26)29-16-27-15-17-6-3-2-4-7-17/h2-14,16,28H,15H2,1H3,(H2,26,27,29). The number of aromatic amines is 1. The number of hydrogen-bond donors (Lipinski definition) is 2. The summed E-state index contributed by atoms with van der Waals surface area (Å²) in [5, 5.41) is 0.723. The number of rotatable bonds is 7. The lowest BCUT2D eigenvalue weighted by Crippen LogP contribution is -2.13. The van der Waals surface area contributed by atoms with E-state index in [9.17, 15) is 4.79 Å². The normalized spacial score (nSPS) is 11.7. The number of carbonyl (C=O) groups excluding carboxylic acids is 1. The molecule has 0 fully saturated rings. The van der Waals surface area contributed by atoms with Gasteiger partial charge in [-0.3, -0.25) is 4.99 Å². The summed E-state index contributed by atoms with van der Waals surface area (Å²) >= 11 is 0. The Morgan fingerprint density at radius 1 is 1.06 bits per heavy atom. The largest absolute Gasteiger partial charge is 0.465 e. The summed E-state index contributed by atoms with van der Waals surface area (Å²) in [5.41, 5.74) is 9.06. The lowest BCUT2D eigenvalue weighted by molar-refractivity contribution is 0.0600. The molecule has 0 unspecified atom stereocenters. The van der Waals surface area contributed by atoms with Crippen molar-refractivity contribution in [3.63, 3.8) is 0 Å². The number of nitrogens with zero attached hydrogens (tertiary/aromatic N) is 2. The van der Waals surface area contributed by atoms with E-state index in [-0.39, 0.29) is 0 Å². The molecule has 32 heavy (non-hydrogen) atoms. The maximum atomic E-state index is 12.4. The average molecular weight is 426 g/mol. The summed E-state index contributed by atoms with van der Waals surface area (Å²) in [7, 11) is 1.34. The third-order valence-corrected chi connectivity index (χ3v) is 4.84. The van der Waals surface area contributed by atoms with Gasteiger partial charge in [-0.2, -0.15) is 0 Å². The fraction of sp³-hybridized carbons (Fsp3) is 0.0800. The molecule has 160 valence electrons. The molecule has 0 saturated heterocycles. The van der Waals surface area contributed by atoms with Crippen LogP contribution in [0.4, 0.5) is 0 Å². The van der Waals surface area contributed by atoms with Crippen molar-refractivity contribution in [2.75, 3.05) is 7.11 Å². The maximum absolute atomic E-state index is 12.4. The van der Waals surface area contributed by atoms with Crippen LogP contribution in [0.15, 0.2) is 89.0 Å². The predicted octanol–water partition coefficient (Wildman–Crippen LogP) is 4.68. The Kier molecular flexibility index (Phi) is 6.27. The first-order valence-corrected chi connectivity index (χ1v) is 9.98. The zero-order chi connectivity index (χ0) is 22.3. The number of nitrogens with one attached hydrogen (secondary N) is 1. The second-order valence-corrected chi connectivity index (χ2v) is 6.96.